The van der Waals surface area contributed by atoms with Gasteiger partial charge in [-0.2, -0.15) is 0 Å². The minimum absolute atomic E-state index is 0.0174. The molecule has 3 heteroatoms. The molecule has 1 heterocycles. The van der Waals surface area contributed by atoms with Crippen molar-refractivity contribution in [2.24, 2.45) is 0 Å². The molecule has 0 aromatic heterocycles. The van der Waals surface area contributed by atoms with E-state index in [1.54, 1.807) is 0 Å². The zero-order valence-electron chi connectivity index (χ0n) is 7.08. The maximum atomic E-state index is 11.3. The maximum absolute atomic E-state index is 11.3. The lowest BCUT2D eigenvalue weighted by Gasteiger charge is -2.13. The number of hydrogen-bond acceptors (Lipinski definition) is 3. The van der Waals surface area contributed by atoms with Crippen molar-refractivity contribution in [2.45, 2.75) is 25.7 Å². The van der Waals surface area contributed by atoms with E-state index in [-0.39, 0.29) is 12.4 Å². The third kappa shape index (κ3) is 2.66. The minimum atomic E-state index is 0.0174. The molecular formula is C9H14O3. The number of carbonyl (C=O) groups excluding carboxylic acids is 1. The van der Waals surface area contributed by atoms with Crippen molar-refractivity contribution in [3.8, 4) is 0 Å². The topological polar surface area (TPSA) is 46.5 Å². The van der Waals surface area contributed by atoms with Crippen LogP contribution >= 0.6 is 0 Å². The Balaban J connectivity index is 2.35. The normalized spacial score (nSPS) is 16.6. The summed E-state index contributed by atoms with van der Waals surface area (Å²) in [6.45, 7) is 0.718. The van der Waals surface area contributed by atoms with Crippen molar-refractivity contribution in [1.82, 2.24) is 0 Å². The molecular weight excluding hydrogens is 156 g/mol. The molecule has 12 heavy (non-hydrogen) atoms. The summed E-state index contributed by atoms with van der Waals surface area (Å²) in [7, 11) is 0. The van der Waals surface area contributed by atoms with Gasteiger partial charge in [-0.05, 0) is 25.3 Å². The van der Waals surface area contributed by atoms with Gasteiger partial charge in [-0.1, -0.05) is 0 Å². The standard InChI is InChI=1S/C9H14O3/c10-6-3-4-8(11)9-5-1-2-7-12-9/h5,10H,1-4,6-7H2. The number of carbonyl (C=O) groups is 1. The second-order valence-corrected chi connectivity index (χ2v) is 2.81. The van der Waals surface area contributed by atoms with Gasteiger partial charge in [0.15, 0.2) is 11.5 Å². The summed E-state index contributed by atoms with van der Waals surface area (Å²) in [6.07, 6.45) is 4.68. The lowest BCUT2D eigenvalue weighted by molar-refractivity contribution is -0.119. The largest absolute Gasteiger partial charge is 0.490 e. The zero-order chi connectivity index (χ0) is 8.81. The van der Waals surface area contributed by atoms with Gasteiger partial charge in [0.05, 0.1) is 6.61 Å². The third-order valence-electron chi connectivity index (χ3n) is 1.77. The van der Waals surface area contributed by atoms with Gasteiger partial charge >= 0.3 is 0 Å². The van der Waals surface area contributed by atoms with Crippen LogP contribution in [-0.2, 0) is 9.53 Å². The molecule has 0 atom stereocenters. The molecule has 0 radical (unpaired) electrons. The van der Waals surface area contributed by atoms with E-state index in [9.17, 15) is 4.79 Å². The summed E-state index contributed by atoms with van der Waals surface area (Å²) in [4.78, 5) is 11.3. The smallest absolute Gasteiger partial charge is 0.197 e. The Bertz CT molecular complexity index is 184. The number of aliphatic hydroxyl groups is 1. The van der Waals surface area contributed by atoms with Crippen LogP contribution in [-0.4, -0.2) is 24.1 Å². The lowest BCUT2D eigenvalue weighted by Crippen LogP contribution is -2.11. The molecule has 0 spiro atoms. The monoisotopic (exact) mass is 170 g/mol. The van der Waals surface area contributed by atoms with Gasteiger partial charge in [0.2, 0.25) is 0 Å². The maximum Gasteiger partial charge on any atom is 0.197 e. The van der Waals surface area contributed by atoms with E-state index in [0.717, 1.165) is 12.8 Å². The van der Waals surface area contributed by atoms with Crippen LogP contribution in [0.25, 0.3) is 0 Å². The Kier molecular flexibility index (Phi) is 3.80. The Morgan fingerprint density at radius 2 is 2.50 bits per heavy atom. The first kappa shape index (κ1) is 9.26. The van der Waals surface area contributed by atoms with Crippen molar-refractivity contribution in [2.75, 3.05) is 13.2 Å². The van der Waals surface area contributed by atoms with Gasteiger partial charge in [-0.25, -0.2) is 0 Å². The summed E-state index contributed by atoms with van der Waals surface area (Å²) in [6, 6.07) is 0. The molecule has 1 aliphatic rings. The average Bonchev–Trinajstić information content (AvgIpc) is 2.15. The fourth-order valence-electron chi connectivity index (χ4n) is 1.11. The number of rotatable bonds is 4. The van der Waals surface area contributed by atoms with E-state index in [2.05, 4.69) is 0 Å². The van der Waals surface area contributed by atoms with Gasteiger partial charge in [0.1, 0.15) is 0 Å². The van der Waals surface area contributed by atoms with E-state index in [1.165, 1.54) is 0 Å². The van der Waals surface area contributed by atoms with Crippen LogP contribution in [0.5, 0.6) is 0 Å². The van der Waals surface area contributed by atoms with E-state index >= 15 is 0 Å². The van der Waals surface area contributed by atoms with Crippen LogP contribution in [0, 0.1) is 0 Å². The first-order chi connectivity index (χ1) is 5.84. The Morgan fingerprint density at radius 3 is 3.08 bits per heavy atom. The molecule has 68 valence electrons. The Labute approximate surface area is 72.0 Å². The quantitative estimate of drug-likeness (QED) is 0.685. The molecule has 0 unspecified atom stereocenters. The molecule has 0 fully saturated rings. The first-order valence-electron chi connectivity index (χ1n) is 4.31. The fraction of sp³-hybridized carbons (Fsp3) is 0.667. The molecule has 1 rings (SSSR count). The van der Waals surface area contributed by atoms with E-state index < -0.39 is 0 Å². The van der Waals surface area contributed by atoms with Gasteiger partial charge in [0.25, 0.3) is 0 Å². The molecule has 0 bridgehead atoms. The lowest BCUT2D eigenvalue weighted by atomic mass is 10.1. The first-order valence-corrected chi connectivity index (χ1v) is 4.31. The van der Waals surface area contributed by atoms with Crippen molar-refractivity contribution in [3.63, 3.8) is 0 Å². The SMILES string of the molecule is O=C(CCCO)C1=CCCCO1. The number of aliphatic hydroxyl groups excluding tert-OH is 1. The highest BCUT2D eigenvalue weighted by molar-refractivity contribution is 5.93. The van der Waals surface area contributed by atoms with Crippen molar-refractivity contribution >= 4 is 5.78 Å². The van der Waals surface area contributed by atoms with Crippen LogP contribution in [0.1, 0.15) is 25.7 Å². The number of allylic oxidation sites excluding steroid dienone is 2. The predicted octanol–water partition coefficient (Wildman–Crippen LogP) is 1.02. The summed E-state index contributed by atoms with van der Waals surface area (Å²) < 4.78 is 5.17. The molecule has 0 aromatic rings. The fourth-order valence-corrected chi connectivity index (χ4v) is 1.11. The zero-order valence-corrected chi connectivity index (χ0v) is 7.08. The van der Waals surface area contributed by atoms with E-state index in [1.807, 2.05) is 6.08 Å². The van der Waals surface area contributed by atoms with E-state index in [4.69, 9.17) is 9.84 Å². The highest BCUT2D eigenvalue weighted by Gasteiger charge is 2.12. The highest BCUT2D eigenvalue weighted by Crippen LogP contribution is 2.12. The number of Topliss-reactive ketones (excluding diaryl/α,β-unsaturated/α-hetero) is 1. The van der Waals surface area contributed by atoms with Crippen molar-refractivity contribution in [3.05, 3.63) is 11.8 Å². The van der Waals surface area contributed by atoms with Gasteiger partial charge < -0.3 is 9.84 Å². The highest BCUT2D eigenvalue weighted by atomic mass is 16.5. The van der Waals surface area contributed by atoms with Crippen molar-refractivity contribution in [1.29, 1.82) is 0 Å². The molecule has 1 N–H and O–H groups in total. The predicted molar refractivity (Wildman–Crippen MR) is 44.6 cm³/mol. The van der Waals surface area contributed by atoms with Gasteiger partial charge in [-0.3, -0.25) is 4.79 Å². The molecule has 0 aliphatic carbocycles. The molecule has 0 aromatic carbocycles. The van der Waals surface area contributed by atoms with E-state index in [0.29, 0.717) is 25.2 Å². The molecule has 0 saturated carbocycles. The Morgan fingerprint density at radius 1 is 1.67 bits per heavy atom. The molecule has 3 nitrogen and oxygen atoms in total. The molecule has 1 aliphatic heterocycles. The molecule has 0 amide bonds. The van der Waals surface area contributed by atoms with Crippen LogP contribution < -0.4 is 0 Å². The van der Waals surface area contributed by atoms with Crippen LogP contribution in [0.3, 0.4) is 0 Å². The average molecular weight is 170 g/mol. The number of hydrogen-bond donors (Lipinski definition) is 1. The molecule has 0 saturated heterocycles. The van der Waals surface area contributed by atoms with Gasteiger partial charge in [-0.15, -0.1) is 0 Å². The van der Waals surface area contributed by atoms with Crippen LogP contribution in [0.4, 0.5) is 0 Å². The van der Waals surface area contributed by atoms with Gasteiger partial charge in [0, 0.05) is 13.0 Å². The van der Waals surface area contributed by atoms with Crippen LogP contribution in [0.15, 0.2) is 11.8 Å². The van der Waals surface area contributed by atoms with Crippen molar-refractivity contribution < 1.29 is 14.6 Å². The minimum Gasteiger partial charge on any atom is -0.490 e. The summed E-state index contributed by atoms with van der Waals surface area (Å²) >= 11 is 0. The Hall–Kier alpha value is -0.830. The number of ether oxygens (including phenoxy) is 1. The number of ketones is 1. The second kappa shape index (κ2) is 4.93. The summed E-state index contributed by atoms with van der Waals surface area (Å²) in [5.74, 6) is 0.512. The summed E-state index contributed by atoms with van der Waals surface area (Å²) in [5, 5.41) is 8.50. The summed E-state index contributed by atoms with van der Waals surface area (Å²) in [5.41, 5.74) is 0. The second-order valence-electron chi connectivity index (χ2n) is 2.81. The van der Waals surface area contributed by atoms with Crippen LogP contribution in [0.2, 0.25) is 0 Å². The third-order valence-corrected chi connectivity index (χ3v) is 1.77.